The van der Waals surface area contributed by atoms with E-state index in [1.54, 1.807) is 12.1 Å². The number of hydrogen-bond donors (Lipinski definition) is 2. The van der Waals surface area contributed by atoms with Gasteiger partial charge in [-0.05, 0) is 55.5 Å². The molecule has 2 N–H and O–H groups in total. The molecule has 3 heterocycles. The quantitative estimate of drug-likeness (QED) is 0.828. The van der Waals surface area contributed by atoms with Crippen molar-refractivity contribution in [2.45, 2.75) is 38.3 Å². The fourth-order valence-electron chi connectivity index (χ4n) is 3.51. The van der Waals surface area contributed by atoms with Gasteiger partial charge in [0.2, 0.25) is 5.88 Å². The number of hydrogen-bond acceptors (Lipinski definition) is 5. The zero-order valence-corrected chi connectivity index (χ0v) is 15.8. The Morgan fingerprint density at radius 1 is 1.36 bits per heavy atom. The summed E-state index contributed by atoms with van der Waals surface area (Å²) in [6, 6.07) is 8.34. The van der Waals surface area contributed by atoms with Crippen LogP contribution in [0.5, 0.6) is 5.88 Å². The summed E-state index contributed by atoms with van der Waals surface area (Å²) in [6.45, 7) is 3.72. The van der Waals surface area contributed by atoms with Crippen molar-refractivity contribution in [3.05, 3.63) is 53.0 Å². The van der Waals surface area contributed by atoms with Crippen molar-refractivity contribution in [1.82, 2.24) is 10.3 Å². The van der Waals surface area contributed by atoms with E-state index in [1.807, 2.05) is 13.0 Å². The predicted molar refractivity (Wildman–Crippen MR) is 103 cm³/mol. The number of anilines is 1. The third-order valence-electron chi connectivity index (χ3n) is 4.98. The van der Waals surface area contributed by atoms with Crippen LogP contribution in [0.15, 0.2) is 30.3 Å². The standard InChI is InChI=1S/C21H24FN3O3/c1-13-12-28-21-18(24-13)10-15(9-14-4-6-16(22)7-5-14)19(25-21)20(26)23-11-17-3-2-8-27-17/h4-7,10,13,17,24H,2-3,8-9,11-12H2,1H3,(H,23,26). The van der Waals surface area contributed by atoms with Gasteiger partial charge in [0.25, 0.3) is 5.91 Å². The topological polar surface area (TPSA) is 72.5 Å². The van der Waals surface area contributed by atoms with Crippen LogP contribution in [0.2, 0.25) is 0 Å². The molecular formula is C21H24FN3O3. The molecule has 2 unspecified atom stereocenters. The van der Waals surface area contributed by atoms with E-state index in [4.69, 9.17) is 9.47 Å². The molecule has 1 saturated heterocycles. The van der Waals surface area contributed by atoms with Crippen molar-refractivity contribution in [3.8, 4) is 5.88 Å². The van der Waals surface area contributed by atoms with Gasteiger partial charge < -0.3 is 20.1 Å². The summed E-state index contributed by atoms with van der Waals surface area (Å²) in [5.41, 5.74) is 2.77. The van der Waals surface area contributed by atoms with Gasteiger partial charge in [0.1, 0.15) is 18.1 Å². The molecule has 7 heteroatoms. The minimum Gasteiger partial charge on any atom is -0.474 e. The Bertz CT molecular complexity index is 851. The summed E-state index contributed by atoms with van der Waals surface area (Å²) in [5.74, 6) is -0.105. The number of nitrogens with one attached hydrogen (secondary N) is 2. The molecule has 0 aliphatic carbocycles. The third kappa shape index (κ3) is 4.25. The molecule has 1 amide bonds. The molecule has 1 aromatic carbocycles. The molecule has 6 nitrogen and oxygen atoms in total. The van der Waals surface area contributed by atoms with Crippen molar-refractivity contribution in [2.75, 3.05) is 25.1 Å². The van der Waals surface area contributed by atoms with Gasteiger partial charge in [0, 0.05) is 13.2 Å². The number of pyridine rings is 1. The second-order valence-electron chi connectivity index (χ2n) is 7.35. The lowest BCUT2D eigenvalue weighted by Gasteiger charge is -2.25. The lowest BCUT2D eigenvalue weighted by atomic mass is 10.0. The number of benzene rings is 1. The molecule has 0 radical (unpaired) electrons. The monoisotopic (exact) mass is 385 g/mol. The number of nitrogens with zero attached hydrogens (tertiary/aromatic N) is 1. The molecule has 1 fully saturated rings. The molecule has 2 atom stereocenters. The summed E-state index contributed by atoms with van der Waals surface area (Å²) in [7, 11) is 0. The van der Waals surface area contributed by atoms with Crippen molar-refractivity contribution >= 4 is 11.6 Å². The lowest BCUT2D eigenvalue weighted by molar-refractivity contribution is 0.0852. The first-order valence-electron chi connectivity index (χ1n) is 9.66. The minimum atomic E-state index is -0.286. The van der Waals surface area contributed by atoms with Gasteiger partial charge in [-0.3, -0.25) is 4.79 Å². The number of aromatic nitrogens is 1. The summed E-state index contributed by atoms with van der Waals surface area (Å²) < 4.78 is 24.5. The molecule has 0 spiro atoms. The van der Waals surface area contributed by atoms with Crippen LogP contribution < -0.4 is 15.4 Å². The summed E-state index contributed by atoms with van der Waals surface area (Å²) in [5, 5.41) is 6.27. The zero-order valence-electron chi connectivity index (χ0n) is 15.8. The second kappa shape index (κ2) is 8.14. The van der Waals surface area contributed by atoms with Crippen molar-refractivity contribution in [2.24, 2.45) is 0 Å². The van der Waals surface area contributed by atoms with Crippen LogP contribution in [0.3, 0.4) is 0 Å². The first kappa shape index (κ1) is 18.7. The van der Waals surface area contributed by atoms with Crippen LogP contribution in [0, 0.1) is 5.82 Å². The van der Waals surface area contributed by atoms with Gasteiger partial charge in [0.15, 0.2) is 0 Å². The largest absolute Gasteiger partial charge is 0.474 e. The van der Waals surface area contributed by atoms with Gasteiger partial charge in [-0.25, -0.2) is 9.37 Å². The van der Waals surface area contributed by atoms with Crippen LogP contribution in [-0.4, -0.2) is 42.8 Å². The van der Waals surface area contributed by atoms with Gasteiger partial charge in [0.05, 0.1) is 17.8 Å². The smallest absolute Gasteiger partial charge is 0.270 e. The first-order valence-corrected chi connectivity index (χ1v) is 9.66. The van der Waals surface area contributed by atoms with Crippen molar-refractivity contribution in [3.63, 3.8) is 0 Å². The van der Waals surface area contributed by atoms with E-state index in [1.165, 1.54) is 12.1 Å². The van der Waals surface area contributed by atoms with Crippen LogP contribution in [0.4, 0.5) is 10.1 Å². The number of rotatable bonds is 5. The number of amides is 1. The highest BCUT2D eigenvalue weighted by molar-refractivity contribution is 5.94. The van der Waals surface area contributed by atoms with Crippen LogP contribution in [-0.2, 0) is 11.2 Å². The van der Waals surface area contributed by atoms with E-state index in [2.05, 4.69) is 15.6 Å². The fourth-order valence-corrected chi connectivity index (χ4v) is 3.51. The molecule has 2 aliphatic heterocycles. The van der Waals surface area contributed by atoms with E-state index in [-0.39, 0.29) is 23.9 Å². The Hall–Kier alpha value is -2.67. The van der Waals surface area contributed by atoms with E-state index in [9.17, 15) is 9.18 Å². The Morgan fingerprint density at radius 3 is 2.93 bits per heavy atom. The van der Waals surface area contributed by atoms with E-state index in [0.717, 1.165) is 36.3 Å². The average molecular weight is 385 g/mol. The summed E-state index contributed by atoms with van der Waals surface area (Å²) >= 11 is 0. The molecular weight excluding hydrogens is 361 g/mol. The highest BCUT2D eigenvalue weighted by Crippen LogP contribution is 2.30. The van der Waals surface area contributed by atoms with Crippen LogP contribution >= 0.6 is 0 Å². The third-order valence-corrected chi connectivity index (χ3v) is 4.98. The predicted octanol–water partition coefficient (Wildman–Crippen LogP) is 2.91. The molecule has 28 heavy (non-hydrogen) atoms. The van der Waals surface area contributed by atoms with Crippen molar-refractivity contribution < 1.29 is 18.7 Å². The number of halogens is 1. The van der Waals surface area contributed by atoms with E-state index >= 15 is 0 Å². The van der Waals surface area contributed by atoms with Gasteiger partial charge >= 0.3 is 0 Å². The molecule has 148 valence electrons. The molecule has 2 aliphatic rings. The maximum atomic E-state index is 13.2. The Kier molecular flexibility index (Phi) is 5.43. The number of carbonyl (C=O) groups excluding carboxylic acids is 1. The van der Waals surface area contributed by atoms with E-state index in [0.29, 0.717) is 31.1 Å². The number of carbonyl (C=O) groups is 1. The molecule has 0 saturated carbocycles. The average Bonchev–Trinajstić information content (AvgIpc) is 3.21. The first-order chi connectivity index (χ1) is 13.6. The second-order valence-corrected chi connectivity index (χ2v) is 7.35. The fraction of sp³-hybridized carbons (Fsp3) is 0.429. The Morgan fingerprint density at radius 2 is 2.18 bits per heavy atom. The van der Waals surface area contributed by atoms with E-state index < -0.39 is 0 Å². The van der Waals surface area contributed by atoms with Crippen molar-refractivity contribution in [1.29, 1.82) is 0 Å². The SMILES string of the molecule is CC1COc2nc(C(=O)NCC3CCCO3)c(Cc3ccc(F)cc3)cc2N1. The van der Waals surface area contributed by atoms with Crippen LogP contribution in [0.1, 0.15) is 41.4 Å². The molecule has 2 aromatic rings. The van der Waals surface area contributed by atoms with Crippen LogP contribution in [0.25, 0.3) is 0 Å². The minimum absolute atomic E-state index is 0.0564. The summed E-state index contributed by atoms with van der Waals surface area (Å²) in [6.07, 6.45) is 2.50. The van der Waals surface area contributed by atoms with Gasteiger partial charge in [-0.2, -0.15) is 0 Å². The van der Waals surface area contributed by atoms with Gasteiger partial charge in [-0.15, -0.1) is 0 Å². The highest BCUT2D eigenvalue weighted by Gasteiger charge is 2.24. The number of ether oxygens (including phenoxy) is 2. The number of fused-ring (bicyclic) bond motifs is 1. The zero-order chi connectivity index (χ0) is 19.5. The van der Waals surface area contributed by atoms with Gasteiger partial charge in [-0.1, -0.05) is 12.1 Å². The summed E-state index contributed by atoms with van der Waals surface area (Å²) in [4.78, 5) is 17.3. The normalized spacial score (nSPS) is 20.8. The Balaban J connectivity index is 1.60. The molecule has 1 aromatic heterocycles. The lowest BCUT2D eigenvalue weighted by Crippen LogP contribution is -2.34. The highest BCUT2D eigenvalue weighted by atomic mass is 19.1. The maximum Gasteiger partial charge on any atom is 0.270 e. The molecule has 4 rings (SSSR count). The Labute approximate surface area is 163 Å². The maximum absolute atomic E-state index is 13.2. The molecule has 0 bridgehead atoms.